The van der Waals surface area contributed by atoms with Gasteiger partial charge in [0.2, 0.25) is 0 Å². The van der Waals surface area contributed by atoms with E-state index >= 15 is 0 Å². The minimum absolute atomic E-state index is 0.0622. The number of rotatable bonds is 7. The third kappa shape index (κ3) is 3.47. The van der Waals surface area contributed by atoms with Crippen molar-refractivity contribution in [1.82, 2.24) is 0 Å². The van der Waals surface area contributed by atoms with Crippen LogP contribution in [-0.2, 0) is 14.3 Å². The van der Waals surface area contributed by atoms with Gasteiger partial charge in [-0.1, -0.05) is 19.9 Å². The number of hydrogen-bond acceptors (Lipinski definition) is 3. The van der Waals surface area contributed by atoms with Crippen LogP contribution in [0.3, 0.4) is 0 Å². The van der Waals surface area contributed by atoms with Gasteiger partial charge in [0.05, 0.1) is 6.61 Å². The van der Waals surface area contributed by atoms with Gasteiger partial charge in [-0.3, -0.25) is 9.59 Å². The minimum Gasteiger partial charge on any atom is -0.465 e. The molecule has 3 nitrogen and oxygen atoms in total. The Morgan fingerprint density at radius 2 is 2.00 bits per heavy atom. The highest BCUT2D eigenvalue weighted by atomic mass is 16.5. The van der Waals surface area contributed by atoms with Crippen molar-refractivity contribution in [2.24, 2.45) is 11.3 Å². The fourth-order valence-electron chi connectivity index (χ4n) is 1.64. The largest absolute Gasteiger partial charge is 0.465 e. The molecule has 16 heavy (non-hydrogen) atoms. The highest BCUT2D eigenvalue weighted by Gasteiger charge is 2.42. The normalized spacial score (nSPS) is 14.3. The number of carbonyl (C=O) groups excluding carboxylic acids is 2. The molecule has 0 rings (SSSR count). The van der Waals surface area contributed by atoms with Gasteiger partial charge >= 0.3 is 5.97 Å². The van der Waals surface area contributed by atoms with Crippen molar-refractivity contribution in [3.63, 3.8) is 0 Å². The maximum Gasteiger partial charge on any atom is 0.319 e. The van der Waals surface area contributed by atoms with E-state index in [-0.39, 0.29) is 11.7 Å². The molecule has 0 aliphatic carbocycles. The first kappa shape index (κ1) is 14.9. The summed E-state index contributed by atoms with van der Waals surface area (Å²) in [5, 5.41) is 0. The number of hydrogen-bond donors (Lipinski definition) is 0. The molecule has 92 valence electrons. The number of ether oxygens (including phenoxy) is 1. The van der Waals surface area contributed by atoms with E-state index < -0.39 is 11.4 Å². The SMILES string of the molecule is C=CCCC(C)(C(=O)OCC)C(=O)C(C)C. The molecule has 0 bridgehead atoms. The van der Waals surface area contributed by atoms with Gasteiger partial charge in [0.1, 0.15) is 5.41 Å². The molecule has 0 N–H and O–H groups in total. The standard InChI is InChI=1S/C13H22O3/c1-6-8-9-13(5,11(14)10(3)4)12(15)16-7-2/h6,10H,1,7-9H2,2-5H3. The van der Waals surface area contributed by atoms with Crippen molar-refractivity contribution >= 4 is 11.8 Å². The molecule has 0 aliphatic rings. The molecule has 0 saturated carbocycles. The van der Waals surface area contributed by atoms with Gasteiger partial charge in [0.15, 0.2) is 5.78 Å². The lowest BCUT2D eigenvalue weighted by Crippen LogP contribution is -2.40. The van der Waals surface area contributed by atoms with E-state index in [0.29, 0.717) is 19.4 Å². The van der Waals surface area contributed by atoms with E-state index in [1.54, 1.807) is 33.8 Å². The molecule has 0 spiro atoms. The predicted molar refractivity (Wildman–Crippen MR) is 64.0 cm³/mol. The predicted octanol–water partition coefficient (Wildman–Crippen LogP) is 2.75. The summed E-state index contributed by atoms with van der Waals surface area (Å²) in [6.07, 6.45) is 2.81. The summed E-state index contributed by atoms with van der Waals surface area (Å²) in [6, 6.07) is 0. The molecule has 1 unspecified atom stereocenters. The molecule has 0 amide bonds. The Balaban J connectivity index is 4.93. The van der Waals surface area contributed by atoms with Crippen LogP contribution in [0.25, 0.3) is 0 Å². The minimum atomic E-state index is -1.03. The van der Waals surface area contributed by atoms with Crippen LogP contribution in [0.5, 0.6) is 0 Å². The number of Topliss-reactive ketones (excluding diaryl/α,β-unsaturated/α-hetero) is 1. The second-order valence-corrected chi connectivity index (χ2v) is 4.40. The van der Waals surface area contributed by atoms with Crippen molar-refractivity contribution in [2.45, 2.75) is 40.5 Å². The van der Waals surface area contributed by atoms with Gasteiger partial charge in [-0.15, -0.1) is 6.58 Å². The third-order valence-electron chi connectivity index (χ3n) is 2.64. The van der Waals surface area contributed by atoms with Crippen LogP contribution in [0, 0.1) is 11.3 Å². The van der Waals surface area contributed by atoms with E-state index in [4.69, 9.17) is 4.74 Å². The summed E-state index contributed by atoms with van der Waals surface area (Å²) in [7, 11) is 0. The van der Waals surface area contributed by atoms with Crippen molar-refractivity contribution in [2.75, 3.05) is 6.61 Å². The lowest BCUT2D eigenvalue weighted by Gasteiger charge is -2.27. The lowest BCUT2D eigenvalue weighted by atomic mass is 9.77. The van der Waals surface area contributed by atoms with Gasteiger partial charge in [-0.25, -0.2) is 0 Å². The molecule has 0 aromatic heterocycles. The molecule has 0 heterocycles. The van der Waals surface area contributed by atoms with Gasteiger partial charge in [-0.05, 0) is 26.7 Å². The zero-order valence-corrected chi connectivity index (χ0v) is 10.7. The Hall–Kier alpha value is -1.12. The number of ketones is 1. The summed E-state index contributed by atoms with van der Waals surface area (Å²) in [5.41, 5.74) is -1.03. The maximum absolute atomic E-state index is 12.1. The molecular formula is C13H22O3. The Morgan fingerprint density at radius 3 is 2.38 bits per heavy atom. The molecule has 0 fully saturated rings. The number of carbonyl (C=O) groups is 2. The van der Waals surface area contributed by atoms with Crippen LogP contribution >= 0.6 is 0 Å². The van der Waals surface area contributed by atoms with Crippen LogP contribution in [0.15, 0.2) is 12.7 Å². The highest BCUT2D eigenvalue weighted by molar-refractivity contribution is 6.04. The first-order valence-electron chi connectivity index (χ1n) is 5.72. The average Bonchev–Trinajstić information content (AvgIpc) is 2.24. The summed E-state index contributed by atoms with van der Waals surface area (Å²) in [4.78, 5) is 23.9. The van der Waals surface area contributed by atoms with Crippen molar-refractivity contribution < 1.29 is 14.3 Å². The maximum atomic E-state index is 12.1. The number of esters is 1. The molecule has 3 heteroatoms. The molecule has 0 aromatic rings. The van der Waals surface area contributed by atoms with Gasteiger partial charge in [-0.2, -0.15) is 0 Å². The second kappa shape index (κ2) is 6.46. The van der Waals surface area contributed by atoms with E-state index in [0.717, 1.165) is 0 Å². The van der Waals surface area contributed by atoms with Crippen LogP contribution in [0.2, 0.25) is 0 Å². The molecule has 1 atom stereocenters. The summed E-state index contributed by atoms with van der Waals surface area (Å²) in [6.45, 7) is 10.9. The summed E-state index contributed by atoms with van der Waals surface area (Å²) in [5.74, 6) is -0.650. The Kier molecular flexibility index (Phi) is 6.01. The smallest absolute Gasteiger partial charge is 0.319 e. The Morgan fingerprint density at radius 1 is 1.44 bits per heavy atom. The second-order valence-electron chi connectivity index (χ2n) is 4.40. The fraction of sp³-hybridized carbons (Fsp3) is 0.692. The quantitative estimate of drug-likeness (QED) is 0.381. The van der Waals surface area contributed by atoms with Crippen LogP contribution in [-0.4, -0.2) is 18.4 Å². The highest BCUT2D eigenvalue weighted by Crippen LogP contribution is 2.29. The third-order valence-corrected chi connectivity index (χ3v) is 2.64. The van der Waals surface area contributed by atoms with Crippen LogP contribution in [0.4, 0.5) is 0 Å². The molecule has 0 aromatic carbocycles. The molecular weight excluding hydrogens is 204 g/mol. The van der Waals surface area contributed by atoms with Gasteiger partial charge < -0.3 is 4.74 Å². The molecule has 0 aliphatic heterocycles. The van der Waals surface area contributed by atoms with Gasteiger partial charge in [0, 0.05) is 5.92 Å². The van der Waals surface area contributed by atoms with E-state index in [2.05, 4.69) is 6.58 Å². The van der Waals surface area contributed by atoms with Gasteiger partial charge in [0.25, 0.3) is 0 Å². The lowest BCUT2D eigenvalue weighted by molar-refractivity contribution is -0.160. The fourth-order valence-corrected chi connectivity index (χ4v) is 1.64. The zero-order valence-electron chi connectivity index (χ0n) is 10.7. The zero-order chi connectivity index (χ0) is 12.8. The van der Waals surface area contributed by atoms with E-state index in [9.17, 15) is 9.59 Å². The molecule has 0 radical (unpaired) electrons. The van der Waals surface area contributed by atoms with Crippen molar-refractivity contribution in [3.8, 4) is 0 Å². The number of allylic oxidation sites excluding steroid dienone is 1. The Labute approximate surface area is 97.9 Å². The van der Waals surface area contributed by atoms with Crippen LogP contribution in [0.1, 0.15) is 40.5 Å². The molecule has 0 saturated heterocycles. The van der Waals surface area contributed by atoms with E-state index in [1.807, 2.05) is 0 Å². The van der Waals surface area contributed by atoms with Crippen LogP contribution < -0.4 is 0 Å². The average molecular weight is 226 g/mol. The summed E-state index contributed by atoms with van der Waals surface area (Å²) < 4.78 is 4.98. The first-order valence-corrected chi connectivity index (χ1v) is 5.72. The topological polar surface area (TPSA) is 43.4 Å². The first-order chi connectivity index (χ1) is 7.40. The van der Waals surface area contributed by atoms with E-state index in [1.165, 1.54) is 0 Å². The van der Waals surface area contributed by atoms with Crippen molar-refractivity contribution in [3.05, 3.63) is 12.7 Å². The summed E-state index contributed by atoms with van der Waals surface area (Å²) >= 11 is 0. The monoisotopic (exact) mass is 226 g/mol. The Bertz CT molecular complexity index is 268. The van der Waals surface area contributed by atoms with Crippen molar-refractivity contribution in [1.29, 1.82) is 0 Å².